The fraction of sp³-hybridized carbons (Fsp3) is 0.375. The van der Waals surface area contributed by atoms with Gasteiger partial charge >= 0.3 is 6.36 Å². The number of fused-ring (bicyclic) bond motifs is 1. The van der Waals surface area contributed by atoms with E-state index in [0.29, 0.717) is 5.95 Å². The summed E-state index contributed by atoms with van der Waals surface area (Å²) in [6, 6.07) is 14.1. The largest absolute Gasteiger partial charge is 0.573 e. The number of hydrogen-bond donors (Lipinski definition) is 3. The summed E-state index contributed by atoms with van der Waals surface area (Å²) in [4.78, 5) is 11.4. The van der Waals surface area contributed by atoms with Crippen molar-refractivity contribution in [3.8, 4) is 5.75 Å². The predicted molar refractivity (Wildman–Crippen MR) is 136 cm³/mol. The second-order valence-electron chi connectivity index (χ2n) is 8.62. The van der Waals surface area contributed by atoms with Crippen LogP contribution in [0.4, 0.5) is 30.6 Å². The van der Waals surface area contributed by atoms with Gasteiger partial charge in [0.05, 0.1) is 11.2 Å². The van der Waals surface area contributed by atoms with Crippen molar-refractivity contribution in [3.63, 3.8) is 0 Å². The van der Waals surface area contributed by atoms with E-state index in [0.717, 1.165) is 42.4 Å². The zero-order valence-electron chi connectivity index (χ0n) is 19.4. The van der Waals surface area contributed by atoms with Crippen molar-refractivity contribution >= 4 is 45.7 Å². The van der Waals surface area contributed by atoms with Gasteiger partial charge in [-0.25, -0.2) is 4.98 Å². The number of anilines is 3. The lowest BCUT2D eigenvalue weighted by atomic mass is 9.91. The van der Waals surface area contributed by atoms with Gasteiger partial charge in [-0.1, -0.05) is 24.3 Å². The molecule has 1 heterocycles. The Bertz CT molecular complexity index is 1180. The second-order valence-corrected chi connectivity index (χ2v) is 9.03. The van der Waals surface area contributed by atoms with Crippen molar-refractivity contribution in [3.05, 3.63) is 48.5 Å². The first-order valence-electron chi connectivity index (χ1n) is 11.3. The SMILES string of the molecule is CN(C)c1nc(N[C@H]2CC[C@@H](NC(=S)Nc3ccccc3OC(F)(F)F)CC2)nc2ccccc12. The Morgan fingerprint density at radius 2 is 1.63 bits per heavy atom. The monoisotopic (exact) mass is 504 g/mol. The van der Waals surface area contributed by atoms with Gasteiger partial charge in [-0.05, 0) is 62.2 Å². The molecule has 0 aliphatic heterocycles. The number of benzene rings is 2. The summed E-state index contributed by atoms with van der Waals surface area (Å²) in [5, 5.41) is 10.7. The van der Waals surface area contributed by atoms with Crippen LogP contribution in [0.2, 0.25) is 0 Å². The van der Waals surface area contributed by atoms with Gasteiger partial charge in [0.15, 0.2) is 10.9 Å². The molecular weight excluding hydrogens is 477 g/mol. The van der Waals surface area contributed by atoms with Gasteiger partial charge < -0.3 is 25.6 Å². The number of halogens is 3. The highest BCUT2D eigenvalue weighted by Crippen LogP contribution is 2.30. The zero-order valence-corrected chi connectivity index (χ0v) is 20.2. The Balaban J connectivity index is 1.32. The number of nitrogens with one attached hydrogen (secondary N) is 3. The van der Waals surface area contributed by atoms with Crippen LogP contribution in [-0.4, -0.2) is 47.6 Å². The van der Waals surface area contributed by atoms with Crippen LogP contribution >= 0.6 is 12.2 Å². The number of rotatable bonds is 6. The Hall–Kier alpha value is -3.34. The van der Waals surface area contributed by atoms with E-state index in [-0.39, 0.29) is 28.6 Å². The van der Waals surface area contributed by atoms with Gasteiger partial charge in [-0.2, -0.15) is 4.98 Å². The number of ether oxygens (including phenoxy) is 1. The molecule has 0 unspecified atom stereocenters. The number of hydrogen-bond acceptors (Lipinski definition) is 6. The van der Waals surface area contributed by atoms with Crippen LogP contribution in [0.15, 0.2) is 48.5 Å². The van der Waals surface area contributed by atoms with Gasteiger partial charge in [0.25, 0.3) is 0 Å². The molecular formula is C24H27F3N6OS. The molecule has 1 aromatic heterocycles. The molecule has 3 N–H and O–H groups in total. The van der Waals surface area contributed by atoms with Crippen LogP contribution in [0, 0.1) is 0 Å². The first kappa shape index (κ1) is 24.8. The van der Waals surface area contributed by atoms with Crippen molar-refractivity contribution in [1.82, 2.24) is 15.3 Å². The van der Waals surface area contributed by atoms with Crippen LogP contribution in [0.3, 0.4) is 0 Å². The van der Waals surface area contributed by atoms with Crippen LogP contribution in [0.1, 0.15) is 25.7 Å². The molecule has 11 heteroatoms. The highest BCUT2D eigenvalue weighted by molar-refractivity contribution is 7.80. The minimum atomic E-state index is -4.78. The molecule has 1 aliphatic carbocycles. The van der Waals surface area contributed by atoms with Crippen molar-refractivity contribution in [2.75, 3.05) is 29.6 Å². The first-order chi connectivity index (χ1) is 16.7. The van der Waals surface area contributed by atoms with Crippen molar-refractivity contribution in [1.29, 1.82) is 0 Å². The lowest BCUT2D eigenvalue weighted by molar-refractivity contribution is -0.274. The Kier molecular flexibility index (Phi) is 7.44. The molecule has 0 saturated heterocycles. The Morgan fingerprint density at radius 3 is 2.34 bits per heavy atom. The lowest BCUT2D eigenvalue weighted by Gasteiger charge is -2.30. The van der Waals surface area contributed by atoms with E-state index in [2.05, 4.69) is 25.7 Å². The number of thiocarbonyl (C=S) groups is 1. The summed E-state index contributed by atoms with van der Waals surface area (Å²) in [7, 11) is 3.92. The molecule has 1 saturated carbocycles. The fourth-order valence-electron chi connectivity index (χ4n) is 4.16. The van der Waals surface area contributed by atoms with E-state index < -0.39 is 6.36 Å². The Labute approximate surface area is 207 Å². The summed E-state index contributed by atoms with van der Waals surface area (Å²) < 4.78 is 42.0. The van der Waals surface area contributed by atoms with E-state index >= 15 is 0 Å². The van der Waals surface area contributed by atoms with E-state index in [1.54, 1.807) is 6.07 Å². The van der Waals surface area contributed by atoms with Crippen molar-refractivity contribution in [2.45, 2.75) is 44.1 Å². The smallest absolute Gasteiger partial charge is 0.404 e. The molecule has 0 atom stereocenters. The molecule has 1 aliphatic rings. The van der Waals surface area contributed by atoms with Crippen molar-refractivity contribution < 1.29 is 17.9 Å². The van der Waals surface area contributed by atoms with E-state index in [1.807, 2.05) is 43.3 Å². The van der Waals surface area contributed by atoms with Gasteiger partial charge in [-0.3, -0.25) is 0 Å². The molecule has 0 amide bonds. The van der Waals surface area contributed by atoms with Crippen LogP contribution < -0.4 is 25.6 Å². The van der Waals surface area contributed by atoms with Crippen LogP contribution in [-0.2, 0) is 0 Å². The summed E-state index contributed by atoms with van der Waals surface area (Å²) in [6.07, 6.45) is -1.34. The minimum absolute atomic E-state index is 0.110. The molecule has 2 aromatic carbocycles. The summed E-state index contributed by atoms with van der Waals surface area (Å²) in [5.41, 5.74) is 1.04. The van der Waals surface area contributed by atoms with E-state index in [1.165, 1.54) is 18.2 Å². The zero-order chi connectivity index (χ0) is 25.0. The second kappa shape index (κ2) is 10.5. The first-order valence-corrected chi connectivity index (χ1v) is 11.7. The van der Waals surface area contributed by atoms with E-state index in [9.17, 15) is 13.2 Å². The van der Waals surface area contributed by atoms with Crippen LogP contribution in [0.5, 0.6) is 5.75 Å². The Morgan fingerprint density at radius 1 is 0.971 bits per heavy atom. The van der Waals surface area contributed by atoms with Crippen molar-refractivity contribution in [2.24, 2.45) is 0 Å². The molecule has 0 radical (unpaired) electrons. The molecule has 0 bridgehead atoms. The topological polar surface area (TPSA) is 74.3 Å². The standard InChI is InChI=1S/C24H27F3N6OS/c1-33(2)21-17-7-3-4-8-18(17)30-22(32-21)28-15-11-13-16(14-12-15)29-23(35)31-19-9-5-6-10-20(19)34-24(25,26)27/h3-10,15-16H,11-14H2,1-2H3,(H,28,30,32)(H2,29,31,35)/t15-,16+. The number of para-hydroxylation sites is 3. The van der Waals surface area contributed by atoms with Crippen LogP contribution in [0.25, 0.3) is 10.9 Å². The summed E-state index contributed by atoms with van der Waals surface area (Å²) in [5.74, 6) is 1.13. The molecule has 35 heavy (non-hydrogen) atoms. The summed E-state index contributed by atoms with van der Waals surface area (Å²) in [6.45, 7) is 0. The maximum Gasteiger partial charge on any atom is 0.573 e. The highest BCUT2D eigenvalue weighted by Gasteiger charge is 2.32. The lowest BCUT2D eigenvalue weighted by Crippen LogP contribution is -2.42. The molecule has 0 spiro atoms. The molecule has 186 valence electrons. The third-order valence-corrected chi connectivity index (χ3v) is 5.98. The third-order valence-electron chi connectivity index (χ3n) is 5.76. The number of nitrogens with zero attached hydrogens (tertiary/aromatic N) is 3. The van der Waals surface area contributed by atoms with Gasteiger partial charge in [0.1, 0.15) is 5.82 Å². The highest BCUT2D eigenvalue weighted by atomic mass is 32.1. The molecule has 1 fully saturated rings. The maximum atomic E-state index is 12.6. The van der Waals surface area contributed by atoms with Gasteiger partial charge in [-0.15, -0.1) is 13.2 Å². The molecule has 3 aromatic rings. The third kappa shape index (κ3) is 6.62. The average Bonchev–Trinajstić information content (AvgIpc) is 2.80. The normalized spacial score (nSPS) is 18.1. The predicted octanol–water partition coefficient (Wildman–Crippen LogP) is 5.30. The quantitative estimate of drug-likeness (QED) is 0.391. The van der Waals surface area contributed by atoms with E-state index in [4.69, 9.17) is 17.2 Å². The maximum absolute atomic E-state index is 12.6. The minimum Gasteiger partial charge on any atom is -0.404 e. The number of aromatic nitrogens is 2. The fourth-order valence-corrected chi connectivity index (χ4v) is 4.43. The number of alkyl halides is 3. The van der Waals surface area contributed by atoms with Gasteiger partial charge in [0.2, 0.25) is 5.95 Å². The summed E-state index contributed by atoms with van der Waals surface area (Å²) >= 11 is 5.34. The molecule has 7 nitrogen and oxygen atoms in total. The van der Waals surface area contributed by atoms with Gasteiger partial charge in [0, 0.05) is 31.6 Å². The average molecular weight is 505 g/mol. The molecule has 4 rings (SSSR count).